The van der Waals surface area contributed by atoms with Crippen LogP contribution in [0.3, 0.4) is 0 Å². The first kappa shape index (κ1) is 12.4. The van der Waals surface area contributed by atoms with Crippen LogP contribution in [0.1, 0.15) is 5.82 Å². The summed E-state index contributed by atoms with van der Waals surface area (Å²) in [6, 6.07) is 0. The zero-order valence-corrected chi connectivity index (χ0v) is 10.3. The molecule has 0 saturated carbocycles. The lowest BCUT2D eigenvalue weighted by atomic mass is 10.6. The van der Waals surface area contributed by atoms with Gasteiger partial charge in [0, 0.05) is 24.6 Å². The van der Waals surface area contributed by atoms with Gasteiger partial charge in [-0.15, -0.1) is 0 Å². The van der Waals surface area contributed by atoms with Crippen molar-refractivity contribution in [2.45, 2.75) is 6.92 Å². The molecule has 6 heteroatoms. The van der Waals surface area contributed by atoms with Crippen LogP contribution >= 0.6 is 11.5 Å². The predicted molar refractivity (Wildman–Crippen MR) is 62.5 cm³/mol. The molecule has 0 aromatic carbocycles. The van der Waals surface area contributed by atoms with Crippen LogP contribution in [0.4, 0.5) is 5.13 Å². The van der Waals surface area contributed by atoms with Crippen LogP contribution in [0.5, 0.6) is 0 Å². The van der Waals surface area contributed by atoms with Crippen molar-refractivity contribution >= 4 is 16.7 Å². The highest BCUT2D eigenvalue weighted by Crippen LogP contribution is 2.08. The smallest absolute Gasteiger partial charge is 0.202 e. The summed E-state index contributed by atoms with van der Waals surface area (Å²) in [6.45, 7) is 5.09. The molecule has 0 saturated heterocycles. The van der Waals surface area contributed by atoms with Gasteiger partial charge < -0.3 is 15.0 Å². The van der Waals surface area contributed by atoms with Gasteiger partial charge in [-0.1, -0.05) is 0 Å². The van der Waals surface area contributed by atoms with E-state index in [1.165, 1.54) is 11.5 Å². The van der Waals surface area contributed by atoms with E-state index in [1.54, 1.807) is 0 Å². The second-order valence-electron chi connectivity index (χ2n) is 3.49. The lowest BCUT2D eigenvalue weighted by Gasteiger charge is -2.09. The Morgan fingerprint density at radius 2 is 2.20 bits per heavy atom. The number of anilines is 1. The van der Waals surface area contributed by atoms with Crippen LogP contribution in [0.2, 0.25) is 0 Å². The van der Waals surface area contributed by atoms with Gasteiger partial charge in [-0.2, -0.15) is 4.37 Å². The zero-order chi connectivity index (χ0) is 11.1. The van der Waals surface area contributed by atoms with Gasteiger partial charge in [0.1, 0.15) is 5.82 Å². The summed E-state index contributed by atoms with van der Waals surface area (Å²) < 4.78 is 9.50. The Balaban J connectivity index is 1.98. The van der Waals surface area contributed by atoms with Crippen molar-refractivity contribution in [1.82, 2.24) is 14.3 Å². The zero-order valence-electron chi connectivity index (χ0n) is 9.49. The third-order valence-corrected chi connectivity index (χ3v) is 2.50. The minimum absolute atomic E-state index is 0.701. The van der Waals surface area contributed by atoms with Gasteiger partial charge in [0.15, 0.2) is 0 Å². The number of nitrogens with zero attached hydrogens (tertiary/aromatic N) is 3. The molecule has 1 aromatic heterocycles. The molecule has 86 valence electrons. The number of aryl methyl sites for hydroxylation is 1. The second-order valence-corrected chi connectivity index (χ2v) is 4.24. The molecular weight excluding hydrogens is 212 g/mol. The third kappa shape index (κ3) is 5.66. The van der Waals surface area contributed by atoms with E-state index in [2.05, 4.69) is 19.6 Å². The maximum Gasteiger partial charge on any atom is 0.202 e. The van der Waals surface area contributed by atoms with Crippen molar-refractivity contribution in [3.05, 3.63) is 5.82 Å². The molecule has 5 nitrogen and oxygen atoms in total. The molecule has 1 N–H and O–H groups in total. The van der Waals surface area contributed by atoms with Crippen molar-refractivity contribution in [2.24, 2.45) is 0 Å². The van der Waals surface area contributed by atoms with Gasteiger partial charge in [0.2, 0.25) is 5.13 Å². The van der Waals surface area contributed by atoms with E-state index in [-0.39, 0.29) is 0 Å². The lowest BCUT2D eigenvalue weighted by molar-refractivity contribution is 0.126. The Kier molecular flexibility index (Phi) is 5.52. The summed E-state index contributed by atoms with van der Waals surface area (Å²) >= 11 is 1.38. The molecule has 0 bridgehead atoms. The van der Waals surface area contributed by atoms with Gasteiger partial charge in [0.05, 0.1) is 13.2 Å². The molecule has 0 aliphatic rings. The fourth-order valence-corrected chi connectivity index (χ4v) is 1.55. The molecule has 1 heterocycles. The van der Waals surface area contributed by atoms with Gasteiger partial charge in [-0.05, 0) is 21.0 Å². The largest absolute Gasteiger partial charge is 0.378 e. The number of likely N-dealkylation sites (N-methyl/N-ethyl adjacent to an activating group) is 1. The van der Waals surface area contributed by atoms with E-state index in [0.29, 0.717) is 6.61 Å². The molecule has 0 amide bonds. The van der Waals surface area contributed by atoms with Crippen LogP contribution in [-0.4, -0.2) is 54.7 Å². The average molecular weight is 230 g/mol. The summed E-state index contributed by atoms with van der Waals surface area (Å²) in [6.07, 6.45) is 0. The number of nitrogens with one attached hydrogen (secondary N) is 1. The first-order chi connectivity index (χ1) is 7.18. The maximum atomic E-state index is 5.43. The quantitative estimate of drug-likeness (QED) is 0.703. The Morgan fingerprint density at radius 3 is 2.80 bits per heavy atom. The van der Waals surface area contributed by atoms with Crippen LogP contribution in [0.15, 0.2) is 0 Å². The van der Waals surface area contributed by atoms with E-state index < -0.39 is 0 Å². The van der Waals surface area contributed by atoms with Crippen molar-refractivity contribution in [3.8, 4) is 0 Å². The summed E-state index contributed by atoms with van der Waals surface area (Å²) in [5, 5.41) is 4.02. The highest BCUT2D eigenvalue weighted by molar-refractivity contribution is 7.09. The molecule has 0 aliphatic carbocycles. The first-order valence-corrected chi connectivity index (χ1v) is 5.72. The topological polar surface area (TPSA) is 50.3 Å². The summed E-state index contributed by atoms with van der Waals surface area (Å²) in [7, 11) is 4.07. The summed E-state index contributed by atoms with van der Waals surface area (Å²) in [5.74, 6) is 0.816. The Morgan fingerprint density at radius 1 is 1.40 bits per heavy atom. The van der Waals surface area contributed by atoms with Gasteiger partial charge in [0.25, 0.3) is 0 Å². The molecular formula is C9H18N4OS. The van der Waals surface area contributed by atoms with E-state index >= 15 is 0 Å². The van der Waals surface area contributed by atoms with Crippen molar-refractivity contribution in [2.75, 3.05) is 45.7 Å². The Bertz CT molecular complexity index is 277. The Hall–Kier alpha value is -0.720. The van der Waals surface area contributed by atoms with Crippen molar-refractivity contribution in [1.29, 1.82) is 0 Å². The first-order valence-electron chi connectivity index (χ1n) is 4.95. The predicted octanol–water partition coefficient (Wildman–Crippen LogP) is 0.837. The van der Waals surface area contributed by atoms with Crippen LogP contribution in [-0.2, 0) is 4.74 Å². The molecule has 0 radical (unpaired) electrons. The van der Waals surface area contributed by atoms with Crippen LogP contribution in [0, 0.1) is 6.92 Å². The number of hydrogen-bond acceptors (Lipinski definition) is 6. The van der Waals surface area contributed by atoms with Crippen molar-refractivity contribution in [3.63, 3.8) is 0 Å². The van der Waals surface area contributed by atoms with Gasteiger partial charge in [-0.3, -0.25) is 0 Å². The molecule has 1 rings (SSSR count). The monoisotopic (exact) mass is 230 g/mol. The second kappa shape index (κ2) is 6.71. The average Bonchev–Trinajstić information content (AvgIpc) is 2.57. The number of ether oxygens (including phenoxy) is 1. The summed E-state index contributed by atoms with van der Waals surface area (Å²) in [5.41, 5.74) is 0. The molecule has 1 aromatic rings. The summed E-state index contributed by atoms with van der Waals surface area (Å²) in [4.78, 5) is 6.29. The lowest BCUT2D eigenvalue weighted by Crippen LogP contribution is -2.19. The molecule has 0 aliphatic heterocycles. The van der Waals surface area contributed by atoms with Crippen LogP contribution < -0.4 is 5.32 Å². The number of aromatic nitrogens is 2. The minimum Gasteiger partial charge on any atom is -0.378 e. The number of rotatable bonds is 7. The molecule has 15 heavy (non-hydrogen) atoms. The van der Waals surface area contributed by atoms with Gasteiger partial charge >= 0.3 is 0 Å². The van der Waals surface area contributed by atoms with E-state index in [4.69, 9.17) is 4.74 Å². The van der Waals surface area contributed by atoms with E-state index in [9.17, 15) is 0 Å². The highest BCUT2D eigenvalue weighted by Gasteiger charge is 1.97. The van der Waals surface area contributed by atoms with E-state index in [0.717, 1.165) is 30.7 Å². The normalized spacial score (nSPS) is 10.9. The Labute approximate surface area is 94.6 Å². The molecule has 0 atom stereocenters. The third-order valence-electron chi connectivity index (χ3n) is 1.73. The number of hydrogen-bond donors (Lipinski definition) is 1. The molecule has 0 spiro atoms. The minimum atomic E-state index is 0.701. The van der Waals surface area contributed by atoms with Crippen LogP contribution in [0.25, 0.3) is 0 Å². The maximum absolute atomic E-state index is 5.43. The van der Waals surface area contributed by atoms with Crippen molar-refractivity contribution < 1.29 is 4.74 Å². The van der Waals surface area contributed by atoms with Gasteiger partial charge in [-0.25, -0.2) is 4.98 Å². The highest BCUT2D eigenvalue weighted by atomic mass is 32.1. The fraction of sp³-hybridized carbons (Fsp3) is 0.778. The van der Waals surface area contributed by atoms with E-state index in [1.807, 2.05) is 21.0 Å². The molecule has 0 fully saturated rings. The molecule has 0 unspecified atom stereocenters. The fourth-order valence-electron chi connectivity index (χ4n) is 0.948. The standard InChI is InChI=1S/C9H18N4OS/c1-8-11-9(15-12-8)10-4-6-14-7-5-13(2)3/h4-7H2,1-3H3,(H,10,11,12). The SMILES string of the molecule is Cc1nsc(NCCOCCN(C)C)n1.